The molecule has 6 heteroatoms. The predicted octanol–water partition coefficient (Wildman–Crippen LogP) is 5.08. The topological polar surface area (TPSA) is 58.7 Å². The van der Waals surface area contributed by atoms with Gasteiger partial charge >= 0.3 is 0 Å². The van der Waals surface area contributed by atoms with E-state index >= 15 is 0 Å². The van der Waals surface area contributed by atoms with Crippen LogP contribution in [-0.4, -0.2) is 45.9 Å². The summed E-state index contributed by atoms with van der Waals surface area (Å²) < 4.78 is 10.8. The Balaban J connectivity index is 1.28. The number of benzene rings is 2. The Morgan fingerprint density at radius 3 is 2.30 bits per heavy atom. The van der Waals surface area contributed by atoms with Gasteiger partial charge in [0.05, 0.1) is 19.7 Å². The van der Waals surface area contributed by atoms with Gasteiger partial charge in [-0.3, -0.25) is 0 Å². The second-order valence-electron chi connectivity index (χ2n) is 9.15. The summed E-state index contributed by atoms with van der Waals surface area (Å²) in [7, 11) is 7.55. The van der Waals surface area contributed by atoms with E-state index < -0.39 is 0 Å². The maximum absolute atomic E-state index is 5.38. The van der Waals surface area contributed by atoms with Crippen LogP contribution in [0.5, 0.6) is 11.5 Å². The first-order valence-corrected chi connectivity index (χ1v) is 11.8. The lowest BCUT2D eigenvalue weighted by Gasteiger charge is -2.30. The van der Waals surface area contributed by atoms with Crippen molar-refractivity contribution in [3.05, 3.63) is 54.1 Å². The second kappa shape index (κ2) is 10.8. The lowest BCUT2D eigenvalue weighted by Crippen LogP contribution is -2.31. The van der Waals surface area contributed by atoms with Crippen molar-refractivity contribution >= 4 is 22.4 Å². The molecule has 1 aliphatic carbocycles. The highest BCUT2D eigenvalue weighted by Crippen LogP contribution is 2.30. The number of rotatable bonds is 9. The van der Waals surface area contributed by atoms with Gasteiger partial charge in [0, 0.05) is 49.9 Å². The average molecular weight is 449 g/mol. The zero-order chi connectivity index (χ0) is 23.2. The molecule has 4 rings (SSSR count). The Hall–Kier alpha value is -2.99. The van der Waals surface area contributed by atoms with Gasteiger partial charge in [-0.2, -0.15) is 0 Å². The van der Waals surface area contributed by atoms with Crippen molar-refractivity contribution in [3.63, 3.8) is 0 Å². The van der Waals surface area contributed by atoms with E-state index in [4.69, 9.17) is 14.5 Å². The highest BCUT2D eigenvalue weighted by atomic mass is 16.5. The number of fused-ring (bicyclic) bond motifs is 1. The van der Waals surface area contributed by atoms with Crippen molar-refractivity contribution in [3.8, 4) is 11.5 Å². The number of para-hydroxylation sites is 1. The number of hydrogen-bond donors (Lipinski definition) is 2. The number of hydrogen-bond acceptors (Lipinski definition) is 6. The van der Waals surface area contributed by atoms with Crippen LogP contribution in [0.4, 0.5) is 11.5 Å². The quantitative estimate of drug-likeness (QED) is 0.476. The zero-order valence-corrected chi connectivity index (χ0v) is 20.2. The molecule has 1 heterocycles. The van der Waals surface area contributed by atoms with Gasteiger partial charge in [-0.05, 0) is 61.9 Å². The fourth-order valence-corrected chi connectivity index (χ4v) is 4.71. The van der Waals surface area contributed by atoms with Crippen molar-refractivity contribution < 1.29 is 9.47 Å². The summed E-state index contributed by atoms with van der Waals surface area (Å²) in [5.41, 5.74) is 3.43. The molecule has 1 saturated carbocycles. The first-order valence-electron chi connectivity index (χ1n) is 11.8. The first kappa shape index (κ1) is 23.2. The molecule has 0 spiro atoms. The monoisotopic (exact) mass is 448 g/mol. The average Bonchev–Trinajstić information content (AvgIpc) is 2.84. The third-order valence-corrected chi connectivity index (χ3v) is 6.55. The summed E-state index contributed by atoms with van der Waals surface area (Å²) >= 11 is 0. The number of ether oxygens (including phenoxy) is 2. The molecule has 0 unspecified atom stereocenters. The van der Waals surface area contributed by atoms with Gasteiger partial charge in [-0.25, -0.2) is 4.98 Å². The molecule has 1 fully saturated rings. The van der Waals surface area contributed by atoms with Crippen LogP contribution in [0, 0.1) is 5.92 Å². The van der Waals surface area contributed by atoms with E-state index in [-0.39, 0.29) is 0 Å². The third kappa shape index (κ3) is 5.88. The molecule has 0 radical (unpaired) electrons. The van der Waals surface area contributed by atoms with E-state index in [9.17, 15) is 0 Å². The Morgan fingerprint density at radius 2 is 1.64 bits per heavy atom. The summed E-state index contributed by atoms with van der Waals surface area (Å²) in [6.07, 6.45) is 4.79. The fraction of sp³-hybridized carbons (Fsp3) is 0.444. The second-order valence-corrected chi connectivity index (χ2v) is 9.15. The number of nitrogens with zero attached hydrogens (tertiary/aromatic N) is 2. The van der Waals surface area contributed by atoms with Crippen molar-refractivity contribution in [1.82, 2.24) is 10.3 Å². The third-order valence-electron chi connectivity index (χ3n) is 6.55. The summed E-state index contributed by atoms with van der Waals surface area (Å²) in [5, 5.41) is 8.53. The van der Waals surface area contributed by atoms with Crippen LogP contribution in [0.3, 0.4) is 0 Å². The molecule has 3 aromatic rings. The van der Waals surface area contributed by atoms with Crippen molar-refractivity contribution in [1.29, 1.82) is 0 Å². The maximum atomic E-state index is 5.38. The minimum Gasteiger partial charge on any atom is -0.497 e. The Labute approximate surface area is 197 Å². The van der Waals surface area contributed by atoms with Gasteiger partial charge in [0.2, 0.25) is 0 Å². The Kier molecular flexibility index (Phi) is 7.55. The van der Waals surface area contributed by atoms with E-state index in [0.717, 1.165) is 35.9 Å². The lowest BCUT2D eigenvalue weighted by molar-refractivity contribution is 0.324. The smallest absolute Gasteiger partial charge is 0.128 e. The van der Waals surface area contributed by atoms with E-state index in [1.54, 1.807) is 14.2 Å². The number of pyridine rings is 1. The van der Waals surface area contributed by atoms with Crippen molar-refractivity contribution in [2.24, 2.45) is 5.92 Å². The molecule has 0 atom stereocenters. The first-order chi connectivity index (χ1) is 16.1. The summed E-state index contributed by atoms with van der Waals surface area (Å²) in [6, 6.07) is 17.1. The van der Waals surface area contributed by atoms with Crippen LogP contribution >= 0.6 is 0 Å². The van der Waals surface area contributed by atoms with Crippen LogP contribution in [0.2, 0.25) is 0 Å². The number of aromatic nitrogens is 1. The van der Waals surface area contributed by atoms with Gasteiger partial charge < -0.3 is 25.0 Å². The number of methoxy groups -OCH3 is 2. The molecule has 6 nitrogen and oxygen atoms in total. The predicted molar refractivity (Wildman–Crippen MR) is 137 cm³/mol. The van der Waals surface area contributed by atoms with Crippen molar-refractivity contribution in [2.45, 2.75) is 38.3 Å². The van der Waals surface area contributed by atoms with Crippen LogP contribution in [0.15, 0.2) is 48.5 Å². The molecule has 176 valence electrons. The van der Waals surface area contributed by atoms with Crippen LogP contribution < -0.4 is 25.0 Å². The van der Waals surface area contributed by atoms with E-state index in [0.29, 0.717) is 12.0 Å². The summed E-state index contributed by atoms with van der Waals surface area (Å²) in [4.78, 5) is 7.03. The fourth-order valence-electron chi connectivity index (χ4n) is 4.71. The number of anilines is 2. The standard InChI is InChI=1S/C27H36N4O2/c1-31(2)26-16-27(30-25-8-6-5-7-24(25)26)29-21-11-9-19(10-12-21)17-28-18-20-13-22(32-3)15-23(14-20)33-4/h5-8,13-16,19,21,28H,9-12,17-18H2,1-4H3,(H,29,30)/t19-,21+. The highest BCUT2D eigenvalue weighted by Gasteiger charge is 2.21. The van der Waals surface area contributed by atoms with Crippen molar-refractivity contribution in [2.75, 3.05) is 45.1 Å². The van der Waals surface area contributed by atoms with Gasteiger partial charge in [0.15, 0.2) is 0 Å². The van der Waals surface area contributed by atoms with Crippen LogP contribution in [0.25, 0.3) is 10.9 Å². The zero-order valence-electron chi connectivity index (χ0n) is 20.2. The molecule has 2 aromatic carbocycles. The minimum absolute atomic E-state index is 0.479. The SMILES string of the molecule is COc1cc(CNC[C@H]2CC[C@@H](Nc3cc(N(C)C)c4ccccc4n3)CC2)cc(OC)c1. The molecular weight excluding hydrogens is 412 g/mol. The number of nitrogens with one attached hydrogen (secondary N) is 2. The van der Waals surface area contributed by atoms with Gasteiger partial charge in [-0.15, -0.1) is 0 Å². The molecule has 1 aromatic heterocycles. The van der Waals surface area contributed by atoms with Crippen LogP contribution in [-0.2, 0) is 6.54 Å². The lowest BCUT2D eigenvalue weighted by atomic mass is 9.86. The highest BCUT2D eigenvalue weighted by molar-refractivity contribution is 5.93. The van der Waals surface area contributed by atoms with Gasteiger partial charge in [0.1, 0.15) is 17.3 Å². The summed E-state index contributed by atoms with van der Waals surface area (Å²) in [6.45, 7) is 1.85. The molecule has 0 saturated heterocycles. The minimum atomic E-state index is 0.479. The van der Waals surface area contributed by atoms with Gasteiger partial charge in [0.25, 0.3) is 0 Å². The molecular formula is C27H36N4O2. The molecule has 1 aliphatic rings. The maximum Gasteiger partial charge on any atom is 0.128 e. The van der Waals surface area contributed by atoms with E-state index in [2.05, 4.69) is 72.1 Å². The van der Waals surface area contributed by atoms with Gasteiger partial charge in [-0.1, -0.05) is 18.2 Å². The Morgan fingerprint density at radius 1 is 0.939 bits per heavy atom. The normalized spacial score (nSPS) is 18.2. The molecule has 2 N–H and O–H groups in total. The molecule has 0 amide bonds. The molecule has 0 bridgehead atoms. The Bertz CT molecular complexity index is 1040. The summed E-state index contributed by atoms with van der Waals surface area (Å²) in [5.74, 6) is 3.35. The van der Waals surface area contributed by atoms with E-state index in [1.807, 2.05) is 6.07 Å². The van der Waals surface area contributed by atoms with E-state index in [1.165, 1.54) is 42.3 Å². The largest absolute Gasteiger partial charge is 0.497 e. The molecule has 0 aliphatic heterocycles. The van der Waals surface area contributed by atoms with Crippen LogP contribution in [0.1, 0.15) is 31.2 Å². The molecule has 33 heavy (non-hydrogen) atoms.